The van der Waals surface area contributed by atoms with Gasteiger partial charge >= 0.3 is 0 Å². The van der Waals surface area contributed by atoms with Gasteiger partial charge in [-0.1, -0.05) is 105 Å². The first kappa shape index (κ1) is 29.4. The summed E-state index contributed by atoms with van der Waals surface area (Å²) in [6.07, 6.45) is -1.22. The fraction of sp³-hybridized carbons (Fsp3) is 0.355. The minimum Gasteiger partial charge on any atom is -0.396 e. The maximum atomic E-state index is 12.8. The first-order valence-electron chi connectivity index (χ1n) is 12.8. The number of carbonyl (C=O) groups excluding carboxylic acids is 2. The monoisotopic (exact) mass is 534 g/mol. The summed E-state index contributed by atoms with van der Waals surface area (Å²) in [4.78, 5) is 26.6. The van der Waals surface area contributed by atoms with E-state index in [1.807, 2.05) is 18.2 Å². The quantitative estimate of drug-likeness (QED) is 0.288. The molecule has 1 atom stereocenters. The Hall–Kier alpha value is -3.13. The summed E-state index contributed by atoms with van der Waals surface area (Å²) in [6, 6.07) is 31.3. The number of amides is 2. The average Bonchev–Trinajstić information content (AvgIpc) is 2.96. The van der Waals surface area contributed by atoms with Gasteiger partial charge in [-0.3, -0.25) is 9.59 Å². The van der Waals surface area contributed by atoms with Gasteiger partial charge in [-0.15, -0.1) is 11.8 Å². The summed E-state index contributed by atoms with van der Waals surface area (Å²) in [7, 11) is 1.77. The SMILES string of the molecule is CN(CCSC(c1ccccc1)(c1ccccc1)c1ccccc1)C(=O)CCNC(=O)[C@H](O)C(C)(C)CO. The molecule has 0 spiro atoms. The van der Waals surface area contributed by atoms with Crippen molar-refractivity contribution in [2.75, 3.05) is 32.5 Å². The Balaban J connectivity index is 1.69. The van der Waals surface area contributed by atoms with Crippen molar-refractivity contribution in [1.82, 2.24) is 10.2 Å². The highest BCUT2D eigenvalue weighted by molar-refractivity contribution is 8.00. The van der Waals surface area contributed by atoms with Crippen LogP contribution in [0.25, 0.3) is 0 Å². The van der Waals surface area contributed by atoms with Crippen LogP contribution in [0.2, 0.25) is 0 Å². The minimum absolute atomic E-state index is 0.0912. The van der Waals surface area contributed by atoms with E-state index in [1.165, 1.54) is 16.7 Å². The highest BCUT2D eigenvalue weighted by Gasteiger charge is 2.37. The van der Waals surface area contributed by atoms with Gasteiger partial charge in [-0.25, -0.2) is 0 Å². The fourth-order valence-corrected chi connectivity index (χ4v) is 5.83. The largest absolute Gasteiger partial charge is 0.396 e. The van der Waals surface area contributed by atoms with E-state index in [-0.39, 0.29) is 25.5 Å². The predicted molar refractivity (Wildman–Crippen MR) is 154 cm³/mol. The molecule has 3 aromatic carbocycles. The van der Waals surface area contributed by atoms with Crippen LogP contribution < -0.4 is 5.32 Å². The molecular weight excluding hydrogens is 496 g/mol. The van der Waals surface area contributed by atoms with E-state index in [1.54, 1.807) is 37.6 Å². The Morgan fingerprint density at radius 1 is 0.868 bits per heavy atom. The van der Waals surface area contributed by atoms with Crippen molar-refractivity contribution in [2.24, 2.45) is 5.41 Å². The van der Waals surface area contributed by atoms with E-state index in [9.17, 15) is 19.8 Å². The topological polar surface area (TPSA) is 89.9 Å². The number of nitrogens with zero attached hydrogens (tertiary/aromatic N) is 1. The molecule has 3 N–H and O–H groups in total. The summed E-state index contributed by atoms with van der Waals surface area (Å²) in [6.45, 7) is 3.54. The van der Waals surface area contributed by atoms with Gasteiger partial charge in [0.1, 0.15) is 6.10 Å². The van der Waals surface area contributed by atoms with Crippen molar-refractivity contribution >= 4 is 23.6 Å². The molecule has 0 aliphatic heterocycles. The molecule has 38 heavy (non-hydrogen) atoms. The molecule has 0 aliphatic rings. The second-order valence-electron chi connectivity index (χ2n) is 10.0. The molecule has 2 amide bonds. The zero-order chi connectivity index (χ0) is 27.6. The number of hydrogen-bond donors (Lipinski definition) is 3. The number of carbonyl (C=O) groups is 2. The van der Waals surface area contributed by atoms with Crippen LogP contribution >= 0.6 is 11.8 Å². The molecule has 0 radical (unpaired) electrons. The number of benzene rings is 3. The van der Waals surface area contributed by atoms with Gasteiger partial charge in [0.25, 0.3) is 0 Å². The average molecular weight is 535 g/mol. The molecule has 0 bridgehead atoms. The minimum atomic E-state index is -1.35. The van der Waals surface area contributed by atoms with Crippen LogP contribution in [0.5, 0.6) is 0 Å². The van der Waals surface area contributed by atoms with Crippen LogP contribution in [0.15, 0.2) is 91.0 Å². The Labute approximate surface area is 230 Å². The second kappa shape index (κ2) is 13.6. The van der Waals surface area contributed by atoms with E-state index < -0.39 is 22.2 Å². The van der Waals surface area contributed by atoms with E-state index >= 15 is 0 Å². The molecule has 202 valence electrons. The zero-order valence-corrected chi connectivity index (χ0v) is 23.2. The fourth-order valence-electron chi connectivity index (χ4n) is 4.25. The van der Waals surface area contributed by atoms with Crippen molar-refractivity contribution in [3.05, 3.63) is 108 Å². The summed E-state index contributed by atoms with van der Waals surface area (Å²) in [5.74, 6) is 0.0106. The summed E-state index contributed by atoms with van der Waals surface area (Å²) < 4.78 is -0.447. The van der Waals surface area contributed by atoms with Crippen LogP contribution in [0, 0.1) is 5.41 Å². The van der Waals surface area contributed by atoms with E-state index in [0.29, 0.717) is 12.3 Å². The Kier molecular flexibility index (Phi) is 10.5. The van der Waals surface area contributed by atoms with Crippen molar-refractivity contribution in [3.63, 3.8) is 0 Å². The first-order valence-corrected chi connectivity index (χ1v) is 13.8. The molecule has 0 saturated heterocycles. The molecule has 0 aromatic heterocycles. The molecule has 7 heteroatoms. The maximum absolute atomic E-state index is 12.8. The van der Waals surface area contributed by atoms with Crippen LogP contribution in [0.4, 0.5) is 0 Å². The Morgan fingerprint density at radius 3 is 1.74 bits per heavy atom. The Bertz CT molecular complexity index is 1060. The van der Waals surface area contributed by atoms with Gasteiger partial charge in [-0.2, -0.15) is 0 Å². The first-order chi connectivity index (χ1) is 18.2. The molecule has 0 saturated carbocycles. The van der Waals surface area contributed by atoms with Gasteiger partial charge in [0, 0.05) is 37.7 Å². The van der Waals surface area contributed by atoms with Crippen LogP contribution in [-0.4, -0.2) is 65.5 Å². The summed E-state index contributed by atoms with van der Waals surface area (Å²) in [5, 5.41) is 22.1. The third-order valence-corrected chi connectivity index (χ3v) is 8.27. The molecule has 3 aromatic rings. The lowest BCUT2D eigenvalue weighted by atomic mass is 9.84. The van der Waals surface area contributed by atoms with Crippen molar-refractivity contribution in [1.29, 1.82) is 0 Å². The number of hydrogen-bond acceptors (Lipinski definition) is 5. The smallest absolute Gasteiger partial charge is 0.249 e. The number of thioether (sulfide) groups is 1. The predicted octanol–water partition coefficient (Wildman–Crippen LogP) is 4.06. The van der Waals surface area contributed by atoms with Gasteiger partial charge in [0.2, 0.25) is 11.8 Å². The van der Waals surface area contributed by atoms with Crippen LogP contribution in [-0.2, 0) is 14.3 Å². The van der Waals surface area contributed by atoms with Gasteiger partial charge in [0.15, 0.2) is 0 Å². The molecular formula is C31H38N2O4S. The molecule has 0 heterocycles. The lowest BCUT2D eigenvalue weighted by Crippen LogP contribution is -2.46. The maximum Gasteiger partial charge on any atom is 0.249 e. The van der Waals surface area contributed by atoms with Gasteiger partial charge in [-0.05, 0) is 16.7 Å². The van der Waals surface area contributed by atoms with Crippen LogP contribution in [0.3, 0.4) is 0 Å². The summed E-state index contributed by atoms with van der Waals surface area (Å²) >= 11 is 1.79. The van der Waals surface area contributed by atoms with Gasteiger partial charge in [0.05, 0.1) is 11.4 Å². The third kappa shape index (κ3) is 7.04. The van der Waals surface area contributed by atoms with E-state index in [2.05, 4.69) is 78.1 Å². The molecule has 3 rings (SSSR count). The summed E-state index contributed by atoms with van der Waals surface area (Å²) in [5.41, 5.74) is 2.56. The molecule has 6 nitrogen and oxygen atoms in total. The Morgan fingerprint density at radius 2 is 1.32 bits per heavy atom. The molecule has 0 aliphatic carbocycles. The molecule has 0 unspecified atom stereocenters. The van der Waals surface area contributed by atoms with E-state index in [0.717, 1.165) is 0 Å². The second-order valence-corrected chi connectivity index (χ2v) is 11.3. The zero-order valence-electron chi connectivity index (χ0n) is 22.3. The standard InChI is InChI=1S/C31H38N2O4S/c1-30(2,23-34)28(36)29(37)32-20-19-27(35)33(3)21-22-38-31(24-13-7-4-8-14-24,25-15-9-5-10-16-25)26-17-11-6-12-18-26/h4-18,28,34,36H,19-23H2,1-3H3,(H,32,37)/t28-/m0/s1. The van der Waals surface area contributed by atoms with Gasteiger partial charge < -0.3 is 20.4 Å². The number of rotatable bonds is 13. The van der Waals surface area contributed by atoms with Crippen molar-refractivity contribution < 1.29 is 19.8 Å². The molecule has 0 fully saturated rings. The van der Waals surface area contributed by atoms with Crippen LogP contribution in [0.1, 0.15) is 37.0 Å². The number of aliphatic hydroxyl groups is 2. The normalized spacial score (nSPS) is 12.6. The number of aliphatic hydroxyl groups excluding tert-OH is 2. The van der Waals surface area contributed by atoms with Crippen molar-refractivity contribution in [3.8, 4) is 0 Å². The lowest BCUT2D eigenvalue weighted by Gasteiger charge is -2.36. The van der Waals surface area contributed by atoms with E-state index in [4.69, 9.17) is 0 Å². The highest BCUT2D eigenvalue weighted by atomic mass is 32.2. The third-order valence-electron chi connectivity index (χ3n) is 6.75. The van der Waals surface area contributed by atoms with Crippen molar-refractivity contribution in [2.45, 2.75) is 31.1 Å². The lowest BCUT2D eigenvalue weighted by molar-refractivity contribution is -0.137. The number of nitrogens with one attached hydrogen (secondary N) is 1. The highest BCUT2D eigenvalue weighted by Crippen LogP contribution is 2.48.